The summed E-state index contributed by atoms with van der Waals surface area (Å²) in [5, 5.41) is 3.74. The average molecular weight is 287 g/mol. The van der Waals surface area contributed by atoms with Crippen LogP contribution in [0.15, 0.2) is 24.3 Å². The fourth-order valence-electron chi connectivity index (χ4n) is 4.23. The fraction of sp³-hybridized carbons (Fsp3) is 0.684. The van der Waals surface area contributed by atoms with Crippen molar-refractivity contribution in [2.24, 2.45) is 17.8 Å². The molecule has 3 rings (SSSR count). The molecule has 1 aromatic carbocycles. The van der Waals surface area contributed by atoms with Gasteiger partial charge in [-0.2, -0.15) is 0 Å². The number of ether oxygens (including phenoxy) is 1. The summed E-state index contributed by atoms with van der Waals surface area (Å²) in [5.74, 6) is 3.84. The molecular weight excluding hydrogens is 258 g/mol. The summed E-state index contributed by atoms with van der Waals surface area (Å²) in [5.41, 5.74) is 1.44. The standard InChI is InChI=1S/C19H29NO/c1-3-13-21-15-11-9-14(10-12-15)19(20-4-2)18-16-7-5-6-8-17(16)18/h9-12,16-20H,3-8,13H2,1-2H3. The Bertz CT molecular complexity index is 429. The molecule has 2 saturated carbocycles. The molecule has 2 nitrogen and oxygen atoms in total. The van der Waals surface area contributed by atoms with E-state index in [-0.39, 0.29) is 0 Å². The van der Waals surface area contributed by atoms with Crippen molar-refractivity contribution in [3.63, 3.8) is 0 Å². The van der Waals surface area contributed by atoms with Gasteiger partial charge in [-0.3, -0.25) is 0 Å². The van der Waals surface area contributed by atoms with Crippen LogP contribution in [0.5, 0.6) is 5.75 Å². The van der Waals surface area contributed by atoms with Gasteiger partial charge in [0.25, 0.3) is 0 Å². The van der Waals surface area contributed by atoms with E-state index in [1.54, 1.807) is 0 Å². The van der Waals surface area contributed by atoms with Crippen molar-refractivity contribution in [1.82, 2.24) is 5.32 Å². The summed E-state index contributed by atoms with van der Waals surface area (Å²) < 4.78 is 5.70. The van der Waals surface area contributed by atoms with E-state index >= 15 is 0 Å². The second-order valence-corrected chi connectivity index (χ2v) is 6.64. The quantitative estimate of drug-likeness (QED) is 0.793. The molecule has 116 valence electrons. The van der Waals surface area contributed by atoms with E-state index in [0.29, 0.717) is 6.04 Å². The predicted octanol–water partition coefficient (Wildman–Crippen LogP) is 4.56. The highest BCUT2D eigenvalue weighted by molar-refractivity contribution is 5.31. The maximum atomic E-state index is 5.70. The van der Waals surface area contributed by atoms with Crippen molar-refractivity contribution in [3.05, 3.63) is 29.8 Å². The zero-order chi connectivity index (χ0) is 14.7. The lowest BCUT2D eigenvalue weighted by molar-refractivity contribution is 0.317. The summed E-state index contributed by atoms with van der Waals surface area (Å²) in [6.07, 6.45) is 6.86. The van der Waals surface area contributed by atoms with Crippen molar-refractivity contribution >= 4 is 0 Å². The molecule has 0 aromatic heterocycles. The van der Waals surface area contributed by atoms with Crippen molar-refractivity contribution in [1.29, 1.82) is 0 Å². The lowest BCUT2D eigenvalue weighted by atomic mass is 9.99. The number of hydrogen-bond donors (Lipinski definition) is 1. The maximum absolute atomic E-state index is 5.70. The van der Waals surface area contributed by atoms with Crippen molar-refractivity contribution < 1.29 is 4.74 Å². The van der Waals surface area contributed by atoms with Crippen LogP contribution in [0.3, 0.4) is 0 Å². The minimum Gasteiger partial charge on any atom is -0.494 e. The Morgan fingerprint density at radius 1 is 1.10 bits per heavy atom. The smallest absolute Gasteiger partial charge is 0.119 e. The number of rotatable bonds is 7. The minimum absolute atomic E-state index is 0.545. The van der Waals surface area contributed by atoms with Crippen LogP contribution in [0.4, 0.5) is 0 Å². The monoisotopic (exact) mass is 287 g/mol. The van der Waals surface area contributed by atoms with E-state index < -0.39 is 0 Å². The molecule has 1 N–H and O–H groups in total. The molecule has 0 saturated heterocycles. The molecular formula is C19H29NO. The Kier molecular flexibility index (Phi) is 4.84. The van der Waals surface area contributed by atoms with Crippen LogP contribution in [-0.2, 0) is 0 Å². The van der Waals surface area contributed by atoms with E-state index in [4.69, 9.17) is 4.74 Å². The van der Waals surface area contributed by atoms with E-state index in [0.717, 1.165) is 43.1 Å². The summed E-state index contributed by atoms with van der Waals surface area (Å²) in [6.45, 7) is 6.22. The Labute approximate surface area is 129 Å². The van der Waals surface area contributed by atoms with Gasteiger partial charge in [0.15, 0.2) is 0 Å². The van der Waals surface area contributed by atoms with Gasteiger partial charge in [0, 0.05) is 6.04 Å². The highest BCUT2D eigenvalue weighted by atomic mass is 16.5. The first-order chi connectivity index (χ1) is 10.3. The van der Waals surface area contributed by atoms with Crippen molar-refractivity contribution in [2.75, 3.05) is 13.2 Å². The van der Waals surface area contributed by atoms with E-state index in [2.05, 4.69) is 43.4 Å². The Balaban J connectivity index is 1.69. The minimum atomic E-state index is 0.545. The first kappa shape index (κ1) is 14.9. The Morgan fingerprint density at radius 2 is 1.76 bits per heavy atom. The molecule has 1 aromatic rings. The van der Waals surface area contributed by atoms with Crippen molar-refractivity contribution in [2.45, 2.75) is 52.0 Å². The van der Waals surface area contributed by atoms with Gasteiger partial charge in [-0.1, -0.05) is 38.8 Å². The summed E-state index contributed by atoms with van der Waals surface area (Å²) in [7, 11) is 0. The molecule has 2 aliphatic rings. The van der Waals surface area contributed by atoms with Crippen molar-refractivity contribution in [3.8, 4) is 5.75 Å². The molecule has 2 aliphatic carbocycles. The van der Waals surface area contributed by atoms with Gasteiger partial charge in [0.1, 0.15) is 5.75 Å². The molecule has 3 atom stereocenters. The lowest BCUT2D eigenvalue weighted by Gasteiger charge is -2.19. The van der Waals surface area contributed by atoms with E-state index in [9.17, 15) is 0 Å². The largest absolute Gasteiger partial charge is 0.494 e. The average Bonchev–Trinajstić information content (AvgIpc) is 3.25. The summed E-state index contributed by atoms with van der Waals surface area (Å²) in [4.78, 5) is 0. The number of fused-ring (bicyclic) bond motifs is 1. The highest BCUT2D eigenvalue weighted by Crippen LogP contribution is 2.60. The second kappa shape index (κ2) is 6.83. The molecule has 0 amide bonds. The number of hydrogen-bond acceptors (Lipinski definition) is 2. The SMILES string of the molecule is CCCOc1ccc(C(NCC)C2C3CCCCC32)cc1. The third-order valence-electron chi connectivity index (χ3n) is 5.24. The Hall–Kier alpha value is -1.02. The van der Waals surface area contributed by atoms with Gasteiger partial charge in [0.05, 0.1) is 6.61 Å². The van der Waals surface area contributed by atoms with Crippen LogP contribution in [0.25, 0.3) is 0 Å². The van der Waals surface area contributed by atoms with Gasteiger partial charge >= 0.3 is 0 Å². The highest BCUT2D eigenvalue weighted by Gasteiger charge is 2.54. The van der Waals surface area contributed by atoms with E-state index in [1.807, 2.05) is 0 Å². The summed E-state index contributed by atoms with van der Waals surface area (Å²) >= 11 is 0. The first-order valence-electron chi connectivity index (χ1n) is 8.81. The fourth-order valence-corrected chi connectivity index (χ4v) is 4.23. The first-order valence-corrected chi connectivity index (χ1v) is 8.81. The molecule has 3 unspecified atom stereocenters. The molecule has 0 radical (unpaired) electrons. The molecule has 2 heteroatoms. The molecule has 2 fully saturated rings. The molecule has 0 bridgehead atoms. The third kappa shape index (κ3) is 3.26. The molecule has 0 heterocycles. The normalized spacial score (nSPS) is 28.8. The zero-order valence-electron chi connectivity index (χ0n) is 13.5. The van der Waals surface area contributed by atoms with Gasteiger partial charge < -0.3 is 10.1 Å². The van der Waals surface area contributed by atoms with Gasteiger partial charge in [-0.15, -0.1) is 0 Å². The summed E-state index contributed by atoms with van der Waals surface area (Å²) in [6, 6.07) is 9.36. The van der Waals surface area contributed by atoms with Crippen LogP contribution in [-0.4, -0.2) is 13.2 Å². The van der Waals surface area contributed by atoms with Gasteiger partial charge in [-0.05, 0) is 61.3 Å². The molecule has 0 spiro atoms. The van der Waals surface area contributed by atoms with Crippen LogP contribution in [0, 0.1) is 17.8 Å². The van der Waals surface area contributed by atoms with Gasteiger partial charge in [-0.25, -0.2) is 0 Å². The number of nitrogens with one attached hydrogen (secondary N) is 1. The van der Waals surface area contributed by atoms with Crippen LogP contribution >= 0.6 is 0 Å². The van der Waals surface area contributed by atoms with Crippen LogP contribution in [0.2, 0.25) is 0 Å². The van der Waals surface area contributed by atoms with Gasteiger partial charge in [0.2, 0.25) is 0 Å². The molecule has 21 heavy (non-hydrogen) atoms. The maximum Gasteiger partial charge on any atom is 0.119 e. The lowest BCUT2D eigenvalue weighted by Crippen LogP contribution is -2.23. The van der Waals surface area contributed by atoms with Crippen LogP contribution < -0.4 is 10.1 Å². The predicted molar refractivity (Wildman–Crippen MR) is 87.6 cm³/mol. The topological polar surface area (TPSA) is 21.3 Å². The second-order valence-electron chi connectivity index (χ2n) is 6.64. The molecule has 0 aliphatic heterocycles. The van der Waals surface area contributed by atoms with E-state index in [1.165, 1.54) is 31.2 Å². The third-order valence-corrected chi connectivity index (χ3v) is 5.24. The van der Waals surface area contributed by atoms with Crippen LogP contribution in [0.1, 0.15) is 57.6 Å². The number of benzene rings is 1. The Morgan fingerprint density at radius 3 is 2.33 bits per heavy atom. The zero-order valence-corrected chi connectivity index (χ0v) is 13.5.